The molecule has 0 aromatic heterocycles. The highest BCUT2D eigenvalue weighted by Gasteiger charge is 2.37. The number of phenolic OH excluding ortho intramolecular Hbond substituents is 4. The second-order valence-corrected chi connectivity index (χ2v) is 39.1. The molecule has 0 heterocycles. The molecule has 0 saturated heterocycles. The molecule has 8 aromatic rings. The molecular weight excluding hydrogens is 1750 g/mol. The van der Waals surface area contributed by atoms with Crippen molar-refractivity contribution in [2.45, 2.75) is 383 Å². The maximum atomic E-state index is 12.0. The van der Waals surface area contributed by atoms with Crippen LogP contribution in [0.1, 0.15) is 398 Å². The molecule has 0 amide bonds. The van der Waals surface area contributed by atoms with Gasteiger partial charge in [-0.25, -0.2) is 4.79 Å². The Balaban J connectivity index is 0. The minimum Gasteiger partial charge on any atom is -0.508 e. The Morgan fingerprint density at radius 3 is 0.885 bits per heavy atom. The number of hydrogen-bond donors (Lipinski definition) is 4. The number of phenols is 4. The van der Waals surface area contributed by atoms with Crippen molar-refractivity contribution in [3.63, 3.8) is 0 Å². The maximum absolute atomic E-state index is 12.0. The van der Waals surface area contributed by atoms with Crippen LogP contribution in [0.5, 0.6) is 40.2 Å². The van der Waals surface area contributed by atoms with Crippen molar-refractivity contribution in [3.8, 4) is 40.2 Å². The van der Waals surface area contributed by atoms with Gasteiger partial charge in [-0.05, 0) is 313 Å². The summed E-state index contributed by atoms with van der Waals surface area (Å²) in [6, 6.07) is 63.1. The minimum atomic E-state index is -0.453. The van der Waals surface area contributed by atoms with Gasteiger partial charge < -0.3 is 58.3 Å². The second kappa shape index (κ2) is 71.5. The summed E-state index contributed by atoms with van der Waals surface area (Å²) >= 11 is 0. The molecular formula is C120H182O19. The van der Waals surface area contributed by atoms with E-state index in [4.69, 9.17) is 53.6 Å². The lowest BCUT2D eigenvalue weighted by molar-refractivity contribution is -0.164. The second-order valence-electron chi connectivity index (χ2n) is 39.1. The van der Waals surface area contributed by atoms with Crippen molar-refractivity contribution in [3.05, 3.63) is 245 Å². The number of rotatable bonds is 30. The zero-order valence-electron chi connectivity index (χ0n) is 91.4. The molecule has 1 aliphatic carbocycles. The van der Waals surface area contributed by atoms with Gasteiger partial charge in [0.05, 0.1) is 48.2 Å². The molecule has 9 rings (SSSR count). The number of hydrogen-bond acceptors (Lipinski definition) is 19. The SMILES string of the molecule is CCC(C)C(=O)OC.CCC(C)C(=O)OC(C)(C)C.CCC(C)C(=O)OC(C)(C)C.CCC(C)C(=O)OC1(CC)CCCC1.CCC(C)C(=O)OCc1ccccc1.CCC(C)C(=O)Oc1cccc(OC(=O)c2ccccc2)c1.CCC(C)c1ccc(O)cc1.CCC(C)c1ccc(O)cc1.CCC(C)c1ccc(O)cc1.CCC(C)c1ccc(O)cc1.CCC(C)c1ccc(OC(C)(C)C)cc1. The van der Waals surface area contributed by atoms with Crippen molar-refractivity contribution in [2.24, 2.45) is 35.5 Å². The molecule has 11 atom stereocenters. The fourth-order valence-corrected chi connectivity index (χ4v) is 11.9. The van der Waals surface area contributed by atoms with Crippen LogP contribution in [-0.4, -0.2) is 91.7 Å². The number of carbonyl (C=O) groups excluding carboxylic acids is 7. The first-order valence-corrected chi connectivity index (χ1v) is 50.8. The molecule has 0 bridgehead atoms. The van der Waals surface area contributed by atoms with Gasteiger partial charge >= 0.3 is 41.8 Å². The molecule has 0 spiro atoms. The van der Waals surface area contributed by atoms with Crippen LogP contribution in [0.25, 0.3) is 0 Å². The Hall–Kier alpha value is -11.0. The van der Waals surface area contributed by atoms with E-state index in [1.807, 2.05) is 210 Å². The molecule has 0 radical (unpaired) electrons. The minimum absolute atomic E-state index is 0.00119. The summed E-state index contributed by atoms with van der Waals surface area (Å²) in [5, 5.41) is 36.0. The average Bonchev–Trinajstić information content (AvgIpc) is 1.68. The zero-order chi connectivity index (χ0) is 106. The Kier molecular flexibility index (Phi) is 66.9. The van der Waals surface area contributed by atoms with Gasteiger partial charge in [-0.3, -0.25) is 28.8 Å². The van der Waals surface area contributed by atoms with E-state index in [9.17, 15) is 33.6 Å². The first-order chi connectivity index (χ1) is 65.3. The molecule has 139 heavy (non-hydrogen) atoms. The molecule has 1 aliphatic rings. The topological polar surface area (TPSA) is 274 Å². The lowest BCUT2D eigenvalue weighted by atomic mass is 9.98. The number of methoxy groups -OCH3 is 1. The van der Waals surface area contributed by atoms with Gasteiger partial charge in [-0.2, -0.15) is 0 Å². The number of esters is 7. The molecule has 11 unspecified atom stereocenters. The third-order valence-corrected chi connectivity index (χ3v) is 23.8. The molecule has 1 saturated carbocycles. The number of carbonyl (C=O) groups is 7. The van der Waals surface area contributed by atoms with E-state index < -0.39 is 5.97 Å². The van der Waals surface area contributed by atoms with Crippen LogP contribution in [0.15, 0.2) is 206 Å². The van der Waals surface area contributed by atoms with Crippen LogP contribution < -0.4 is 14.2 Å². The normalized spacial score (nSPS) is 13.8. The predicted molar refractivity (Wildman–Crippen MR) is 571 cm³/mol. The van der Waals surface area contributed by atoms with Crippen LogP contribution in [0.3, 0.4) is 0 Å². The third-order valence-electron chi connectivity index (χ3n) is 23.8. The summed E-state index contributed by atoms with van der Waals surface area (Å²) < 4.78 is 41.9. The third kappa shape index (κ3) is 59.9. The molecule has 0 aliphatic heterocycles. The first-order valence-electron chi connectivity index (χ1n) is 50.8. The summed E-state index contributed by atoms with van der Waals surface area (Å²) in [4.78, 5) is 79.6. The summed E-state index contributed by atoms with van der Waals surface area (Å²) in [5.41, 5.74) is 7.15. The Bertz CT molecular complexity index is 4320. The first kappa shape index (κ1) is 130. The Morgan fingerprint density at radius 2 is 0.597 bits per heavy atom. The van der Waals surface area contributed by atoms with E-state index in [1.165, 1.54) is 60.3 Å². The lowest BCUT2D eigenvalue weighted by Gasteiger charge is -2.29. The van der Waals surface area contributed by atoms with Crippen molar-refractivity contribution in [2.75, 3.05) is 7.11 Å². The number of benzene rings is 8. The van der Waals surface area contributed by atoms with Gasteiger partial charge in [-0.15, -0.1) is 0 Å². The molecule has 776 valence electrons. The van der Waals surface area contributed by atoms with Gasteiger partial charge in [0.1, 0.15) is 69.3 Å². The molecule has 19 nitrogen and oxygen atoms in total. The van der Waals surface area contributed by atoms with Gasteiger partial charge in [0.15, 0.2) is 0 Å². The van der Waals surface area contributed by atoms with E-state index in [0.29, 0.717) is 82.7 Å². The smallest absolute Gasteiger partial charge is 0.343 e. The van der Waals surface area contributed by atoms with E-state index in [1.54, 1.807) is 91.0 Å². The average molecular weight is 1930 g/mol. The van der Waals surface area contributed by atoms with Crippen molar-refractivity contribution < 1.29 is 91.9 Å². The van der Waals surface area contributed by atoms with Crippen LogP contribution in [-0.2, 0) is 59.1 Å². The fraction of sp³-hybridized carbons (Fsp3) is 0.542. The van der Waals surface area contributed by atoms with Gasteiger partial charge in [0.25, 0.3) is 0 Å². The molecule has 1 fully saturated rings. The Morgan fingerprint density at radius 1 is 0.309 bits per heavy atom. The van der Waals surface area contributed by atoms with Gasteiger partial charge in [0.2, 0.25) is 0 Å². The van der Waals surface area contributed by atoms with Gasteiger partial charge in [-0.1, -0.05) is 275 Å². The van der Waals surface area contributed by atoms with Crippen LogP contribution in [0, 0.1) is 35.5 Å². The lowest BCUT2D eigenvalue weighted by Crippen LogP contribution is -2.33. The number of ether oxygens (including phenoxy) is 8. The monoisotopic (exact) mass is 1930 g/mol. The van der Waals surface area contributed by atoms with Crippen LogP contribution >= 0.6 is 0 Å². The highest BCUT2D eigenvalue weighted by atomic mass is 16.6. The van der Waals surface area contributed by atoms with E-state index in [-0.39, 0.29) is 93.7 Å². The van der Waals surface area contributed by atoms with E-state index in [2.05, 4.69) is 126 Å². The molecule has 4 N–H and O–H groups in total. The summed E-state index contributed by atoms with van der Waals surface area (Å²) in [7, 11) is 1.41. The quantitative estimate of drug-likeness (QED) is 0.0185. The predicted octanol–water partition coefficient (Wildman–Crippen LogP) is 31.9. The summed E-state index contributed by atoms with van der Waals surface area (Å²) in [6.45, 7) is 65.0. The summed E-state index contributed by atoms with van der Waals surface area (Å²) in [5.74, 6) is 4.84. The Labute approximate surface area is 839 Å². The van der Waals surface area contributed by atoms with Crippen LogP contribution in [0.2, 0.25) is 0 Å². The highest BCUT2D eigenvalue weighted by molar-refractivity contribution is 5.91. The maximum Gasteiger partial charge on any atom is 0.343 e. The van der Waals surface area contributed by atoms with E-state index >= 15 is 0 Å². The van der Waals surface area contributed by atoms with E-state index in [0.717, 1.165) is 88.4 Å². The van der Waals surface area contributed by atoms with Crippen molar-refractivity contribution in [1.29, 1.82) is 0 Å². The zero-order valence-corrected chi connectivity index (χ0v) is 91.4. The standard InChI is InChI=1S/C18H18O4.C14H22O.C12H22O2.C12H16O2.4C10H14O.2C9H18O2.C6H12O2/c1-3-13(2)17(19)21-15-10-7-11-16(12-15)22-18(20)14-8-5-4-6-9-14;1-6-11(2)12-7-9-13(10-8-12)15-14(3,4)5;1-4-10(3)11(13)14-12(5-2)8-6-7-9-12;1-3-10(2)12(13)14-9-11-7-5-4-6-8-11;4*1-3-8(2)9-4-6-10(11)7-5-9;2*1-6-7(2)8(10)11-9(3,4)5;1-4-5(2)6(7)8-3/h4-13H,3H2,1-2H3;7-11H,6H2,1-5H3;10H,4-9H2,1-3H3;4-8,10H,3,9H2,1-2H3;4*4-8,11H,3H2,1-2H3;2*7H,6H2,1-5H3;5H,4H2,1-3H3. The number of aromatic hydroxyl groups is 4. The van der Waals surface area contributed by atoms with Crippen molar-refractivity contribution in [1.82, 2.24) is 0 Å². The van der Waals surface area contributed by atoms with Gasteiger partial charge in [0, 0.05) is 6.07 Å². The van der Waals surface area contributed by atoms with Crippen molar-refractivity contribution >= 4 is 41.8 Å². The fourth-order valence-electron chi connectivity index (χ4n) is 11.9. The summed E-state index contributed by atoms with van der Waals surface area (Å²) in [6.07, 6.45) is 16.2. The molecule has 8 aromatic carbocycles. The highest BCUT2D eigenvalue weighted by Crippen LogP contribution is 2.37. The molecule has 19 heteroatoms. The van der Waals surface area contributed by atoms with Crippen LogP contribution in [0.4, 0.5) is 0 Å². The largest absolute Gasteiger partial charge is 0.508 e.